The van der Waals surface area contributed by atoms with Crippen molar-refractivity contribution in [1.82, 2.24) is 9.36 Å². The van der Waals surface area contributed by atoms with Crippen LogP contribution in [0.5, 0.6) is 0 Å². The van der Waals surface area contributed by atoms with Crippen molar-refractivity contribution in [2.24, 2.45) is 0 Å². The van der Waals surface area contributed by atoms with Crippen LogP contribution in [0.2, 0.25) is 5.02 Å². The van der Waals surface area contributed by atoms with E-state index in [9.17, 15) is 4.79 Å². The normalized spacial score (nSPS) is 10.9. The molecular weight excluding hydrogens is 262 g/mol. The van der Waals surface area contributed by atoms with Crippen molar-refractivity contribution in [3.05, 3.63) is 50.9 Å². The summed E-state index contributed by atoms with van der Waals surface area (Å²) in [4.78, 5) is 12.2. The van der Waals surface area contributed by atoms with Gasteiger partial charge in [-0.3, -0.25) is 9.48 Å². The summed E-state index contributed by atoms with van der Waals surface area (Å²) < 4.78 is 3.59. The highest BCUT2D eigenvalue weighted by atomic mass is 35.5. The number of hydrogen-bond donors (Lipinski definition) is 1. The summed E-state index contributed by atoms with van der Waals surface area (Å²) >= 11 is 6.15. The molecule has 0 aliphatic rings. The lowest BCUT2D eigenvalue weighted by Crippen LogP contribution is -2.24. The summed E-state index contributed by atoms with van der Waals surface area (Å²) in [5.74, 6) is 0. The van der Waals surface area contributed by atoms with Gasteiger partial charge in [0.1, 0.15) is 5.69 Å². The van der Waals surface area contributed by atoms with E-state index in [0.717, 1.165) is 17.7 Å². The molecule has 2 rings (SSSR count). The first-order valence-corrected chi connectivity index (χ1v) is 6.79. The molecule has 0 spiro atoms. The lowest BCUT2D eigenvalue weighted by Gasteiger charge is -2.13. The maximum atomic E-state index is 12.2. The highest BCUT2D eigenvalue weighted by molar-refractivity contribution is 6.31. The van der Waals surface area contributed by atoms with Gasteiger partial charge in [-0.2, -0.15) is 0 Å². The van der Waals surface area contributed by atoms with Gasteiger partial charge in [0.15, 0.2) is 0 Å². The molecule has 0 aliphatic carbocycles. The average molecular weight is 280 g/mol. The standard InChI is InChI=1S/C14H18ClN3O/c1-3-12-13(16)14(19)18(17(12)4-2)9-10-7-5-6-8-11(10)15/h5-8H,3-4,9,16H2,1-2H3. The van der Waals surface area contributed by atoms with E-state index in [-0.39, 0.29) is 5.56 Å². The van der Waals surface area contributed by atoms with Crippen molar-refractivity contribution in [1.29, 1.82) is 0 Å². The Hall–Kier alpha value is -1.68. The van der Waals surface area contributed by atoms with Crippen molar-refractivity contribution < 1.29 is 0 Å². The van der Waals surface area contributed by atoms with E-state index in [1.54, 1.807) is 4.68 Å². The molecule has 2 aromatic rings. The van der Waals surface area contributed by atoms with Crippen LogP contribution >= 0.6 is 11.6 Å². The van der Waals surface area contributed by atoms with Gasteiger partial charge in [0, 0.05) is 11.6 Å². The first-order valence-electron chi connectivity index (χ1n) is 6.41. The molecule has 0 amide bonds. The summed E-state index contributed by atoms with van der Waals surface area (Å²) in [6.45, 7) is 5.15. The van der Waals surface area contributed by atoms with Crippen LogP contribution in [0.15, 0.2) is 29.1 Å². The monoisotopic (exact) mass is 279 g/mol. The van der Waals surface area contributed by atoms with Gasteiger partial charge in [-0.25, -0.2) is 4.68 Å². The molecule has 0 saturated heterocycles. The Bertz CT molecular complexity index is 643. The van der Waals surface area contributed by atoms with Crippen LogP contribution in [-0.4, -0.2) is 9.36 Å². The van der Waals surface area contributed by atoms with Crippen LogP contribution in [0.1, 0.15) is 25.1 Å². The smallest absolute Gasteiger partial charge is 0.290 e. The van der Waals surface area contributed by atoms with Gasteiger partial charge in [-0.15, -0.1) is 0 Å². The first-order chi connectivity index (χ1) is 9.10. The topological polar surface area (TPSA) is 53.0 Å². The first kappa shape index (κ1) is 13.7. The predicted octanol–water partition coefficient (Wildman–Crippen LogP) is 2.52. The minimum Gasteiger partial charge on any atom is -0.393 e. The van der Waals surface area contributed by atoms with Crippen LogP contribution in [0.25, 0.3) is 0 Å². The summed E-state index contributed by atoms with van der Waals surface area (Å²) in [7, 11) is 0. The Kier molecular flexibility index (Phi) is 4.00. The van der Waals surface area contributed by atoms with Gasteiger partial charge >= 0.3 is 0 Å². The zero-order valence-corrected chi connectivity index (χ0v) is 11.9. The zero-order chi connectivity index (χ0) is 14.0. The molecule has 2 N–H and O–H groups in total. The number of nitrogens with two attached hydrogens (primary N) is 1. The Morgan fingerprint density at radius 1 is 1.21 bits per heavy atom. The minimum absolute atomic E-state index is 0.140. The molecule has 0 atom stereocenters. The summed E-state index contributed by atoms with van der Waals surface area (Å²) in [6, 6.07) is 7.53. The fraction of sp³-hybridized carbons (Fsp3) is 0.357. The Labute approximate surface area is 117 Å². The molecule has 19 heavy (non-hydrogen) atoms. The molecule has 1 heterocycles. The molecule has 0 saturated carbocycles. The lowest BCUT2D eigenvalue weighted by molar-refractivity contribution is 0.474. The van der Waals surface area contributed by atoms with Gasteiger partial charge in [0.25, 0.3) is 5.56 Å². The fourth-order valence-corrected chi connectivity index (χ4v) is 2.53. The molecule has 1 aromatic heterocycles. The van der Waals surface area contributed by atoms with Crippen molar-refractivity contribution in [3.8, 4) is 0 Å². The highest BCUT2D eigenvalue weighted by Crippen LogP contribution is 2.17. The molecule has 4 nitrogen and oxygen atoms in total. The number of aromatic nitrogens is 2. The molecule has 5 heteroatoms. The second kappa shape index (κ2) is 5.53. The van der Waals surface area contributed by atoms with E-state index >= 15 is 0 Å². The summed E-state index contributed by atoms with van der Waals surface area (Å²) in [6.07, 6.45) is 0.741. The number of hydrogen-bond acceptors (Lipinski definition) is 2. The summed E-state index contributed by atoms with van der Waals surface area (Å²) in [5, 5.41) is 0.662. The maximum absolute atomic E-state index is 12.2. The SMILES string of the molecule is CCc1c(N)c(=O)n(Cc2ccccc2Cl)n1CC. The van der Waals surface area contributed by atoms with Crippen LogP contribution in [0.4, 0.5) is 5.69 Å². The van der Waals surface area contributed by atoms with E-state index in [4.69, 9.17) is 17.3 Å². The van der Waals surface area contributed by atoms with E-state index in [1.807, 2.05) is 42.8 Å². The van der Waals surface area contributed by atoms with Gasteiger partial charge in [0.2, 0.25) is 0 Å². The number of nitrogen functional groups attached to an aromatic ring is 1. The maximum Gasteiger partial charge on any atom is 0.290 e. The Morgan fingerprint density at radius 3 is 2.47 bits per heavy atom. The van der Waals surface area contributed by atoms with Gasteiger partial charge in [0.05, 0.1) is 12.2 Å². The van der Waals surface area contributed by atoms with Crippen LogP contribution in [0, 0.1) is 0 Å². The Morgan fingerprint density at radius 2 is 1.89 bits per heavy atom. The van der Waals surface area contributed by atoms with Crippen molar-refractivity contribution >= 4 is 17.3 Å². The van der Waals surface area contributed by atoms with Crippen molar-refractivity contribution in [3.63, 3.8) is 0 Å². The van der Waals surface area contributed by atoms with E-state index in [2.05, 4.69) is 0 Å². The minimum atomic E-state index is -0.140. The second-order valence-corrected chi connectivity index (χ2v) is 4.79. The van der Waals surface area contributed by atoms with E-state index < -0.39 is 0 Å². The molecule has 0 fully saturated rings. The van der Waals surface area contributed by atoms with Crippen LogP contribution in [0.3, 0.4) is 0 Å². The second-order valence-electron chi connectivity index (χ2n) is 4.38. The molecule has 1 aromatic carbocycles. The molecule has 102 valence electrons. The quantitative estimate of drug-likeness (QED) is 0.935. The molecule has 0 aliphatic heterocycles. The average Bonchev–Trinajstić information content (AvgIpc) is 2.65. The number of halogens is 1. The molecule has 0 bridgehead atoms. The fourth-order valence-electron chi connectivity index (χ4n) is 2.34. The summed E-state index contributed by atoms with van der Waals surface area (Å²) in [5.41, 5.74) is 7.90. The predicted molar refractivity (Wildman–Crippen MR) is 78.7 cm³/mol. The third-order valence-corrected chi connectivity index (χ3v) is 3.66. The van der Waals surface area contributed by atoms with Gasteiger partial charge < -0.3 is 5.73 Å². The van der Waals surface area contributed by atoms with Crippen LogP contribution < -0.4 is 11.3 Å². The van der Waals surface area contributed by atoms with E-state index in [1.165, 1.54) is 0 Å². The number of benzene rings is 1. The number of anilines is 1. The molecule has 0 unspecified atom stereocenters. The van der Waals surface area contributed by atoms with Crippen molar-refractivity contribution in [2.45, 2.75) is 33.4 Å². The largest absolute Gasteiger partial charge is 0.393 e. The zero-order valence-electron chi connectivity index (χ0n) is 11.2. The number of rotatable bonds is 4. The molecular formula is C14H18ClN3O. The van der Waals surface area contributed by atoms with Gasteiger partial charge in [-0.05, 0) is 25.0 Å². The third-order valence-electron chi connectivity index (χ3n) is 3.29. The van der Waals surface area contributed by atoms with E-state index in [0.29, 0.717) is 23.8 Å². The Balaban J connectivity index is 2.52. The number of nitrogens with zero attached hydrogens (tertiary/aromatic N) is 2. The lowest BCUT2D eigenvalue weighted by atomic mass is 10.2. The van der Waals surface area contributed by atoms with Crippen LogP contribution in [-0.2, 0) is 19.5 Å². The van der Waals surface area contributed by atoms with Crippen molar-refractivity contribution in [2.75, 3.05) is 5.73 Å². The highest BCUT2D eigenvalue weighted by Gasteiger charge is 2.15. The van der Waals surface area contributed by atoms with Gasteiger partial charge in [-0.1, -0.05) is 36.7 Å². The molecule has 0 radical (unpaired) electrons. The third kappa shape index (κ3) is 2.40.